The van der Waals surface area contributed by atoms with Crippen LogP contribution in [0.4, 0.5) is 10.6 Å². The number of hydrogen-bond acceptors (Lipinski definition) is 2. The van der Waals surface area contributed by atoms with Crippen molar-refractivity contribution in [1.82, 2.24) is 10.3 Å². The molecule has 1 rings (SSSR count). The molecule has 82 valence electrons. The van der Waals surface area contributed by atoms with Crippen LogP contribution in [0.5, 0.6) is 0 Å². The summed E-state index contributed by atoms with van der Waals surface area (Å²) in [5.74, 6) is 0.558. The Morgan fingerprint density at radius 3 is 2.47 bits per heavy atom. The van der Waals surface area contributed by atoms with Crippen LogP contribution in [-0.4, -0.2) is 16.6 Å². The van der Waals surface area contributed by atoms with Crippen LogP contribution >= 0.6 is 0 Å². The van der Waals surface area contributed by atoms with E-state index in [-0.39, 0.29) is 11.6 Å². The zero-order valence-corrected chi connectivity index (χ0v) is 9.59. The first-order chi connectivity index (χ1) is 6.87. The average molecular weight is 207 g/mol. The molecule has 0 aliphatic heterocycles. The third-order valence-electron chi connectivity index (χ3n) is 1.64. The monoisotopic (exact) mass is 207 g/mol. The van der Waals surface area contributed by atoms with Crippen molar-refractivity contribution in [2.24, 2.45) is 0 Å². The highest BCUT2D eigenvalue weighted by Crippen LogP contribution is 2.04. The van der Waals surface area contributed by atoms with Crippen LogP contribution in [0.2, 0.25) is 0 Å². The molecule has 2 amide bonds. The number of aryl methyl sites for hydroxylation is 1. The summed E-state index contributed by atoms with van der Waals surface area (Å²) < 4.78 is 0. The highest BCUT2D eigenvalue weighted by molar-refractivity contribution is 5.88. The number of urea groups is 1. The van der Waals surface area contributed by atoms with Crippen LogP contribution in [0.3, 0.4) is 0 Å². The number of carbonyl (C=O) groups excluding carboxylic acids is 1. The Morgan fingerprint density at radius 1 is 1.33 bits per heavy atom. The molecule has 0 aliphatic carbocycles. The van der Waals surface area contributed by atoms with E-state index in [1.807, 2.05) is 33.8 Å². The number of hydrogen-bond donors (Lipinski definition) is 2. The van der Waals surface area contributed by atoms with Gasteiger partial charge >= 0.3 is 6.03 Å². The maximum absolute atomic E-state index is 11.5. The maximum Gasteiger partial charge on any atom is 0.320 e. The van der Waals surface area contributed by atoms with E-state index in [4.69, 9.17) is 0 Å². The molecule has 0 aliphatic rings. The van der Waals surface area contributed by atoms with E-state index in [1.54, 1.807) is 12.3 Å². The van der Waals surface area contributed by atoms with Crippen molar-refractivity contribution in [3.63, 3.8) is 0 Å². The Balaban J connectivity index is 2.55. The van der Waals surface area contributed by atoms with Gasteiger partial charge in [0.15, 0.2) is 0 Å². The summed E-state index contributed by atoms with van der Waals surface area (Å²) in [5, 5.41) is 5.46. The first-order valence-corrected chi connectivity index (χ1v) is 4.89. The van der Waals surface area contributed by atoms with Gasteiger partial charge in [0.05, 0.1) is 0 Å². The highest BCUT2D eigenvalue weighted by Gasteiger charge is 2.13. The van der Waals surface area contributed by atoms with E-state index in [9.17, 15) is 4.79 Å². The van der Waals surface area contributed by atoms with Crippen molar-refractivity contribution in [3.05, 3.63) is 23.9 Å². The number of carbonyl (C=O) groups is 1. The molecule has 0 fully saturated rings. The van der Waals surface area contributed by atoms with E-state index in [0.717, 1.165) is 5.56 Å². The van der Waals surface area contributed by atoms with E-state index in [0.29, 0.717) is 5.82 Å². The molecule has 0 spiro atoms. The standard InChI is InChI=1S/C11H17N3O/c1-8-5-6-9(12-7-8)13-10(15)14-11(2,3)4/h5-7H,1-4H3,(H2,12,13,14,15). The summed E-state index contributed by atoms with van der Waals surface area (Å²) in [4.78, 5) is 15.5. The molecular weight excluding hydrogens is 190 g/mol. The Hall–Kier alpha value is -1.58. The van der Waals surface area contributed by atoms with E-state index >= 15 is 0 Å². The minimum absolute atomic E-state index is 0.237. The molecule has 0 unspecified atom stereocenters. The third kappa shape index (κ3) is 4.44. The van der Waals surface area contributed by atoms with Gasteiger partial charge in [-0.15, -0.1) is 0 Å². The maximum atomic E-state index is 11.5. The third-order valence-corrected chi connectivity index (χ3v) is 1.64. The summed E-state index contributed by atoms with van der Waals surface area (Å²) in [6.07, 6.45) is 1.71. The molecule has 0 saturated carbocycles. The quantitative estimate of drug-likeness (QED) is 0.742. The van der Waals surface area contributed by atoms with Crippen molar-refractivity contribution in [1.29, 1.82) is 0 Å². The van der Waals surface area contributed by atoms with Crippen LogP contribution in [0.15, 0.2) is 18.3 Å². The second-order valence-corrected chi connectivity index (χ2v) is 4.55. The van der Waals surface area contributed by atoms with Gasteiger partial charge in [0.25, 0.3) is 0 Å². The molecule has 0 radical (unpaired) electrons. The second-order valence-electron chi connectivity index (χ2n) is 4.55. The van der Waals surface area contributed by atoms with Gasteiger partial charge in [-0.05, 0) is 39.3 Å². The van der Waals surface area contributed by atoms with Gasteiger partial charge in [0.1, 0.15) is 5.82 Å². The predicted molar refractivity (Wildman–Crippen MR) is 60.9 cm³/mol. The van der Waals surface area contributed by atoms with Crippen molar-refractivity contribution in [3.8, 4) is 0 Å². The van der Waals surface area contributed by atoms with Gasteiger partial charge in [-0.2, -0.15) is 0 Å². The van der Waals surface area contributed by atoms with Crippen molar-refractivity contribution < 1.29 is 4.79 Å². The van der Waals surface area contributed by atoms with Crippen molar-refractivity contribution >= 4 is 11.8 Å². The molecule has 2 N–H and O–H groups in total. The number of nitrogens with zero attached hydrogens (tertiary/aromatic N) is 1. The van der Waals surface area contributed by atoms with E-state index in [2.05, 4.69) is 15.6 Å². The Kier molecular flexibility index (Phi) is 3.29. The van der Waals surface area contributed by atoms with Gasteiger partial charge in [-0.1, -0.05) is 6.07 Å². The fourth-order valence-electron chi connectivity index (χ4n) is 1.03. The molecule has 15 heavy (non-hydrogen) atoms. The van der Waals surface area contributed by atoms with Gasteiger partial charge in [0, 0.05) is 11.7 Å². The zero-order valence-electron chi connectivity index (χ0n) is 9.59. The van der Waals surface area contributed by atoms with E-state index < -0.39 is 0 Å². The number of rotatable bonds is 1. The summed E-state index contributed by atoms with van der Waals surface area (Å²) in [6, 6.07) is 3.44. The second kappa shape index (κ2) is 4.29. The number of aromatic nitrogens is 1. The van der Waals surface area contributed by atoms with E-state index in [1.165, 1.54) is 0 Å². The average Bonchev–Trinajstić information content (AvgIpc) is 2.05. The largest absolute Gasteiger partial charge is 0.333 e. The Bertz CT molecular complexity index is 338. The number of pyridine rings is 1. The molecule has 1 aromatic heterocycles. The normalized spacial score (nSPS) is 10.9. The summed E-state index contributed by atoms with van der Waals surface area (Å²) in [5.41, 5.74) is 0.825. The lowest BCUT2D eigenvalue weighted by molar-refractivity contribution is 0.243. The fraction of sp³-hybridized carbons (Fsp3) is 0.455. The molecule has 1 aromatic rings. The minimum atomic E-state index is -0.241. The number of anilines is 1. The topological polar surface area (TPSA) is 54.0 Å². The molecule has 0 atom stereocenters. The van der Waals surface area contributed by atoms with Crippen LogP contribution in [0.25, 0.3) is 0 Å². The summed E-state index contributed by atoms with van der Waals surface area (Å²) in [6.45, 7) is 7.73. The molecule has 0 aromatic carbocycles. The fourth-order valence-corrected chi connectivity index (χ4v) is 1.03. The SMILES string of the molecule is Cc1ccc(NC(=O)NC(C)(C)C)nc1. The number of amides is 2. The van der Waals surface area contributed by atoms with Gasteiger partial charge in [-0.25, -0.2) is 9.78 Å². The molecule has 1 heterocycles. The molecule has 0 bridgehead atoms. The smallest absolute Gasteiger partial charge is 0.320 e. The van der Waals surface area contributed by atoms with Crippen molar-refractivity contribution in [2.45, 2.75) is 33.2 Å². The molecular formula is C11H17N3O. The van der Waals surface area contributed by atoms with Gasteiger partial charge in [0.2, 0.25) is 0 Å². The van der Waals surface area contributed by atoms with Crippen LogP contribution < -0.4 is 10.6 Å². The summed E-state index contributed by atoms with van der Waals surface area (Å²) >= 11 is 0. The summed E-state index contributed by atoms with van der Waals surface area (Å²) in [7, 11) is 0. The predicted octanol–water partition coefficient (Wildman–Crippen LogP) is 2.31. The minimum Gasteiger partial charge on any atom is -0.333 e. The lowest BCUT2D eigenvalue weighted by atomic mass is 10.1. The molecule has 4 heteroatoms. The zero-order chi connectivity index (χ0) is 11.5. The lowest BCUT2D eigenvalue weighted by Gasteiger charge is -2.20. The van der Waals surface area contributed by atoms with Crippen LogP contribution in [-0.2, 0) is 0 Å². The Morgan fingerprint density at radius 2 is 2.00 bits per heavy atom. The first-order valence-electron chi connectivity index (χ1n) is 4.89. The molecule has 0 saturated heterocycles. The highest BCUT2D eigenvalue weighted by atomic mass is 16.2. The van der Waals surface area contributed by atoms with Crippen LogP contribution in [0, 0.1) is 6.92 Å². The van der Waals surface area contributed by atoms with Crippen molar-refractivity contribution in [2.75, 3.05) is 5.32 Å². The molecule has 4 nitrogen and oxygen atoms in total. The number of nitrogens with one attached hydrogen (secondary N) is 2. The lowest BCUT2D eigenvalue weighted by Crippen LogP contribution is -2.43. The van der Waals surface area contributed by atoms with Gasteiger partial charge < -0.3 is 5.32 Å². The van der Waals surface area contributed by atoms with Gasteiger partial charge in [-0.3, -0.25) is 5.32 Å². The Labute approximate surface area is 90.1 Å². The van der Waals surface area contributed by atoms with Crippen LogP contribution in [0.1, 0.15) is 26.3 Å². The first kappa shape index (κ1) is 11.5.